The molecule has 1 amide bonds. The molecule has 0 saturated carbocycles. The molecule has 0 bridgehead atoms. The van der Waals surface area contributed by atoms with Crippen molar-refractivity contribution in [2.24, 2.45) is 0 Å². The van der Waals surface area contributed by atoms with Gasteiger partial charge in [-0.2, -0.15) is 13.2 Å². The highest BCUT2D eigenvalue weighted by Gasteiger charge is 2.37. The Morgan fingerprint density at radius 3 is 2.52 bits per heavy atom. The lowest BCUT2D eigenvalue weighted by Crippen LogP contribution is -2.45. The summed E-state index contributed by atoms with van der Waals surface area (Å²) in [6.07, 6.45) is -4.51. The van der Waals surface area contributed by atoms with Gasteiger partial charge in [0.25, 0.3) is 0 Å². The van der Waals surface area contributed by atoms with Gasteiger partial charge in [-0.1, -0.05) is 6.07 Å². The Kier molecular flexibility index (Phi) is 6.60. The number of carbonyl (C=O) groups excluding carboxylic acids is 1. The first kappa shape index (κ1) is 23.8. The van der Waals surface area contributed by atoms with Crippen LogP contribution >= 0.6 is 22.6 Å². The number of nitrogens with zero attached hydrogens (tertiary/aromatic N) is 3. The second kappa shape index (κ2) is 8.59. The van der Waals surface area contributed by atoms with Crippen LogP contribution in [0.2, 0.25) is 0 Å². The second-order valence-electron chi connectivity index (χ2n) is 8.53. The maximum absolute atomic E-state index is 14.0. The summed E-state index contributed by atoms with van der Waals surface area (Å²) in [6.45, 7) is 8.23. The van der Waals surface area contributed by atoms with E-state index in [2.05, 4.69) is 27.6 Å². The predicted octanol–water partition coefficient (Wildman–Crippen LogP) is 5.88. The van der Waals surface area contributed by atoms with Gasteiger partial charge in [0, 0.05) is 13.1 Å². The number of ether oxygens (including phenoxy) is 1. The lowest BCUT2D eigenvalue weighted by Gasteiger charge is -2.38. The van der Waals surface area contributed by atoms with Crippen LogP contribution in [0.3, 0.4) is 0 Å². The van der Waals surface area contributed by atoms with E-state index in [0.29, 0.717) is 31.5 Å². The van der Waals surface area contributed by atoms with Crippen molar-refractivity contribution in [3.63, 3.8) is 0 Å². The Hall–Kier alpha value is -1.85. The van der Waals surface area contributed by atoms with Gasteiger partial charge < -0.3 is 9.30 Å². The van der Waals surface area contributed by atoms with Crippen LogP contribution in [0.4, 0.5) is 22.4 Å². The highest BCUT2D eigenvalue weighted by atomic mass is 127. The zero-order valence-corrected chi connectivity index (χ0v) is 19.8. The molecule has 1 atom stereocenters. The average molecular weight is 553 g/mol. The molecule has 0 saturated heterocycles. The molecule has 1 aliphatic rings. The van der Waals surface area contributed by atoms with Gasteiger partial charge in [-0.15, -0.1) is 0 Å². The summed E-state index contributed by atoms with van der Waals surface area (Å²) in [5.41, 5.74) is -0.660. The van der Waals surface area contributed by atoms with Gasteiger partial charge in [-0.05, 0) is 80.8 Å². The number of alkyl halides is 3. The summed E-state index contributed by atoms with van der Waals surface area (Å²) in [5.74, 6) is -0.470. The minimum Gasteiger partial charge on any atom is -0.444 e. The van der Waals surface area contributed by atoms with Crippen molar-refractivity contribution >= 4 is 28.7 Å². The van der Waals surface area contributed by atoms with Crippen molar-refractivity contribution in [2.45, 2.75) is 64.9 Å². The highest BCUT2D eigenvalue weighted by Crippen LogP contribution is 2.36. The normalized spacial score (nSPS) is 16.9. The van der Waals surface area contributed by atoms with Crippen molar-refractivity contribution in [3.05, 3.63) is 50.4 Å². The largest absolute Gasteiger partial charge is 0.444 e. The number of halogens is 5. The van der Waals surface area contributed by atoms with Crippen molar-refractivity contribution < 1.29 is 27.1 Å². The molecule has 31 heavy (non-hydrogen) atoms. The van der Waals surface area contributed by atoms with Crippen molar-refractivity contribution in [1.82, 2.24) is 14.5 Å². The fraction of sp³-hybridized carbons (Fsp3) is 0.524. The zero-order chi connectivity index (χ0) is 23.1. The molecule has 1 aromatic heterocycles. The number of benzene rings is 1. The third-order valence-corrected chi connectivity index (χ3v) is 5.88. The average Bonchev–Trinajstić information content (AvgIpc) is 2.91. The number of amides is 1. The molecular formula is C21H24F4IN3O2. The molecule has 1 aliphatic heterocycles. The first-order valence-electron chi connectivity index (χ1n) is 9.85. The Morgan fingerprint density at radius 2 is 1.94 bits per heavy atom. The number of hydrogen-bond acceptors (Lipinski definition) is 3. The highest BCUT2D eigenvalue weighted by molar-refractivity contribution is 14.1. The molecule has 0 spiro atoms. The van der Waals surface area contributed by atoms with E-state index in [0.717, 1.165) is 27.4 Å². The number of hydrogen-bond donors (Lipinski definition) is 0. The van der Waals surface area contributed by atoms with Crippen molar-refractivity contribution in [3.8, 4) is 0 Å². The third-order valence-electron chi connectivity index (χ3n) is 5.08. The Bertz CT molecular complexity index is 982. The standard InChI is InChI=1S/C21H24F4IN3O2/c1-12-27-18(26)17-16(29(10-9-28(12)17)19(30)31-20(2,3)4)8-6-13-5-7-14(15(22)11-13)21(23,24)25/h5,7,11,16H,6,8-10H2,1-4H3. The Morgan fingerprint density at radius 1 is 1.26 bits per heavy atom. The van der Waals surface area contributed by atoms with Crippen LogP contribution < -0.4 is 0 Å². The molecule has 10 heteroatoms. The molecule has 170 valence electrons. The second-order valence-corrected chi connectivity index (χ2v) is 9.55. The molecule has 0 radical (unpaired) electrons. The summed E-state index contributed by atoms with van der Waals surface area (Å²) >= 11 is 2.12. The SMILES string of the molecule is Cc1nc(I)c2n1CCN(C(=O)OC(C)(C)C)C2CCc1ccc(C(F)(F)F)c(F)c1. The van der Waals surface area contributed by atoms with Crippen LogP contribution in [0, 0.1) is 16.4 Å². The van der Waals surface area contributed by atoms with Gasteiger partial charge >= 0.3 is 12.3 Å². The fourth-order valence-corrected chi connectivity index (χ4v) is 4.73. The van der Waals surface area contributed by atoms with E-state index in [9.17, 15) is 22.4 Å². The van der Waals surface area contributed by atoms with Crippen LogP contribution in [0.1, 0.15) is 55.9 Å². The summed E-state index contributed by atoms with van der Waals surface area (Å²) in [4.78, 5) is 19.0. The Labute approximate surface area is 191 Å². The lowest BCUT2D eigenvalue weighted by atomic mass is 9.99. The van der Waals surface area contributed by atoms with E-state index in [1.165, 1.54) is 6.07 Å². The van der Waals surface area contributed by atoms with Crippen LogP contribution in [0.25, 0.3) is 0 Å². The van der Waals surface area contributed by atoms with E-state index in [1.54, 1.807) is 25.7 Å². The van der Waals surface area contributed by atoms with E-state index < -0.39 is 29.3 Å². The fourth-order valence-electron chi connectivity index (χ4n) is 3.74. The minimum absolute atomic E-state index is 0.291. The molecule has 0 fully saturated rings. The van der Waals surface area contributed by atoms with Crippen molar-refractivity contribution in [1.29, 1.82) is 0 Å². The lowest BCUT2D eigenvalue weighted by molar-refractivity contribution is -0.140. The van der Waals surface area contributed by atoms with Gasteiger partial charge in [-0.3, -0.25) is 4.90 Å². The molecule has 2 heterocycles. The number of aryl methyl sites for hydroxylation is 2. The van der Waals surface area contributed by atoms with Gasteiger partial charge in [0.15, 0.2) is 0 Å². The summed E-state index contributed by atoms with van der Waals surface area (Å²) < 4.78 is 60.9. The van der Waals surface area contributed by atoms with Gasteiger partial charge in [0.2, 0.25) is 0 Å². The maximum Gasteiger partial charge on any atom is 0.419 e. The minimum atomic E-state index is -4.74. The smallest absolute Gasteiger partial charge is 0.419 e. The molecule has 5 nitrogen and oxygen atoms in total. The van der Waals surface area contributed by atoms with Gasteiger partial charge in [0.1, 0.15) is 20.9 Å². The summed E-state index contributed by atoms with van der Waals surface area (Å²) in [5, 5.41) is 0. The van der Waals surface area contributed by atoms with Crippen LogP contribution in [0.15, 0.2) is 18.2 Å². The number of rotatable bonds is 3. The van der Waals surface area contributed by atoms with E-state index in [1.807, 2.05) is 11.5 Å². The molecule has 0 N–H and O–H groups in total. The molecule has 0 aliphatic carbocycles. The molecule has 1 unspecified atom stereocenters. The first-order chi connectivity index (χ1) is 14.3. The predicted molar refractivity (Wildman–Crippen MR) is 115 cm³/mol. The molecule has 3 rings (SSSR count). The molecular weight excluding hydrogens is 529 g/mol. The zero-order valence-electron chi connectivity index (χ0n) is 17.7. The monoisotopic (exact) mass is 553 g/mol. The van der Waals surface area contributed by atoms with Crippen LogP contribution in [0.5, 0.6) is 0 Å². The number of fused-ring (bicyclic) bond motifs is 1. The maximum atomic E-state index is 14.0. The summed E-state index contributed by atoms with van der Waals surface area (Å²) in [7, 11) is 0. The van der Waals surface area contributed by atoms with Crippen LogP contribution in [-0.4, -0.2) is 32.7 Å². The quantitative estimate of drug-likeness (QED) is 0.353. The van der Waals surface area contributed by atoms with Gasteiger partial charge in [-0.25, -0.2) is 14.2 Å². The van der Waals surface area contributed by atoms with E-state index in [-0.39, 0.29) is 6.04 Å². The topological polar surface area (TPSA) is 47.4 Å². The van der Waals surface area contributed by atoms with Crippen molar-refractivity contribution in [2.75, 3.05) is 6.54 Å². The molecule has 1 aromatic carbocycles. The number of imidazole rings is 1. The summed E-state index contributed by atoms with van der Waals surface area (Å²) in [6, 6.07) is 2.56. The van der Waals surface area contributed by atoms with E-state index in [4.69, 9.17) is 4.74 Å². The Balaban J connectivity index is 1.88. The third kappa shape index (κ3) is 5.32. The number of carbonyl (C=O) groups is 1. The van der Waals surface area contributed by atoms with Gasteiger partial charge in [0.05, 0.1) is 17.3 Å². The first-order valence-corrected chi connectivity index (χ1v) is 10.9. The number of aromatic nitrogens is 2. The van der Waals surface area contributed by atoms with Crippen LogP contribution in [-0.2, 0) is 23.9 Å². The van der Waals surface area contributed by atoms with E-state index >= 15 is 0 Å². The molecule has 2 aromatic rings.